The summed E-state index contributed by atoms with van der Waals surface area (Å²) >= 11 is 0. The molecule has 9 atom stereocenters. The van der Waals surface area contributed by atoms with E-state index in [0.717, 1.165) is 54.8 Å². The molecule has 0 aromatic heterocycles. The first-order valence-electron chi connectivity index (χ1n) is 13.8. The summed E-state index contributed by atoms with van der Waals surface area (Å²) in [6, 6.07) is 0. The Labute approximate surface area is 199 Å². The third-order valence-electron chi connectivity index (χ3n) is 11.1. The SMILES string of the molecule is CC(C)CCC[C@@H](C)[C@H]1CC[C@H]2[C@@H]3CC[C@H]4C[C@@H](OS(C)(=O)=O)CC[C@]4(C)[C@H]3CC[C@]12C. The Bertz CT molecular complexity index is 761. The Morgan fingerprint density at radius 3 is 2.25 bits per heavy atom. The third-order valence-corrected chi connectivity index (χ3v) is 11.8. The van der Waals surface area contributed by atoms with Gasteiger partial charge in [-0.25, -0.2) is 0 Å². The Morgan fingerprint density at radius 2 is 1.56 bits per heavy atom. The smallest absolute Gasteiger partial charge is 0.264 e. The minimum absolute atomic E-state index is 0.0870. The molecule has 0 unspecified atom stereocenters. The van der Waals surface area contributed by atoms with Crippen LogP contribution < -0.4 is 0 Å². The molecule has 0 amide bonds. The average Bonchev–Trinajstić information content (AvgIpc) is 3.04. The van der Waals surface area contributed by atoms with E-state index in [4.69, 9.17) is 4.18 Å². The van der Waals surface area contributed by atoms with Gasteiger partial charge in [0.1, 0.15) is 0 Å². The molecule has 4 aliphatic carbocycles. The number of hydrogen-bond acceptors (Lipinski definition) is 3. The van der Waals surface area contributed by atoms with Crippen LogP contribution in [0.5, 0.6) is 0 Å². The minimum Gasteiger partial charge on any atom is -0.267 e. The van der Waals surface area contributed by atoms with E-state index in [0.29, 0.717) is 16.7 Å². The van der Waals surface area contributed by atoms with Crippen LogP contribution in [0.1, 0.15) is 112 Å². The lowest BCUT2D eigenvalue weighted by atomic mass is 9.44. The molecule has 0 aliphatic heterocycles. The van der Waals surface area contributed by atoms with Gasteiger partial charge in [-0.05, 0) is 110 Å². The fourth-order valence-corrected chi connectivity index (χ4v) is 10.2. The van der Waals surface area contributed by atoms with Crippen LogP contribution in [-0.4, -0.2) is 20.8 Å². The molecule has 4 rings (SSSR count). The van der Waals surface area contributed by atoms with Crippen LogP contribution in [0.3, 0.4) is 0 Å². The lowest BCUT2D eigenvalue weighted by Gasteiger charge is -2.61. The molecule has 4 saturated carbocycles. The van der Waals surface area contributed by atoms with Gasteiger partial charge in [0, 0.05) is 0 Å². The summed E-state index contributed by atoms with van der Waals surface area (Å²) in [5.74, 6) is 5.92. The summed E-state index contributed by atoms with van der Waals surface area (Å²) in [5, 5.41) is 0. The zero-order chi connectivity index (χ0) is 23.3. The average molecular weight is 467 g/mol. The highest BCUT2D eigenvalue weighted by Crippen LogP contribution is 2.68. The van der Waals surface area contributed by atoms with Gasteiger partial charge in [-0.3, -0.25) is 4.18 Å². The predicted molar refractivity (Wildman–Crippen MR) is 133 cm³/mol. The van der Waals surface area contributed by atoms with Crippen LogP contribution in [0.4, 0.5) is 0 Å². The van der Waals surface area contributed by atoms with Crippen molar-refractivity contribution in [2.75, 3.05) is 6.26 Å². The molecule has 4 fully saturated rings. The van der Waals surface area contributed by atoms with Crippen LogP contribution in [0.15, 0.2) is 0 Å². The second-order valence-electron chi connectivity index (χ2n) is 13.4. The van der Waals surface area contributed by atoms with Gasteiger partial charge >= 0.3 is 0 Å². The van der Waals surface area contributed by atoms with E-state index in [1.54, 1.807) is 0 Å². The highest BCUT2D eigenvalue weighted by molar-refractivity contribution is 7.86. The molecule has 0 bridgehead atoms. The van der Waals surface area contributed by atoms with E-state index >= 15 is 0 Å². The van der Waals surface area contributed by atoms with Gasteiger partial charge in [0.05, 0.1) is 12.4 Å². The first-order valence-corrected chi connectivity index (χ1v) is 15.6. The van der Waals surface area contributed by atoms with E-state index in [-0.39, 0.29) is 6.10 Å². The monoisotopic (exact) mass is 466 g/mol. The third kappa shape index (κ3) is 4.70. The van der Waals surface area contributed by atoms with E-state index < -0.39 is 10.1 Å². The second-order valence-corrected chi connectivity index (χ2v) is 15.0. The molecule has 0 aromatic carbocycles. The highest BCUT2D eigenvalue weighted by Gasteiger charge is 2.60. The number of fused-ring (bicyclic) bond motifs is 5. The summed E-state index contributed by atoms with van der Waals surface area (Å²) in [5.41, 5.74) is 0.945. The Balaban J connectivity index is 1.43. The normalized spacial score (nSPS) is 45.2. The van der Waals surface area contributed by atoms with Gasteiger partial charge in [-0.2, -0.15) is 8.42 Å². The maximum Gasteiger partial charge on any atom is 0.264 e. The van der Waals surface area contributed by atoms with Gasteiger partial charge in [0.2, 0.25) is 0 Å². The zero-order valence-corrected chi connectivity index (χ0v) is 22.6. The lowest BCUT2D eigenvalue weighted by molar-refractivity contribution is -0.126. The quantitative estimate of drug-likeness (QED) is 0.366. The summed E-state index contributed by atoms with van der Waals surface area (Å²) in [6.07, 6.45) is 16.7. The standard InChI is InChI=1S/C28H50O3S/c1-19(2)8-7-9-20(3)24-12-13-25-23-11-10-21-18-22(31-32(6,29)30)14-16-27(21,4)26(23)15-17-28(24,25)5/h19-26H,7-18H2,1-6H3/t20-,21+,22+,23+,24-,25+,26+,27+,28-/m1/s1. The van der Waals surface area contributed by atoms with Crippen LogP contribution >= 0.6 is 0 Å². The Hall–Kier alpha value is -0.0900. The van der Waals surface area contributed by atoms with E-state index in [1.807, 2.05) is 0 Å². The minimum atomic E-state index is -3.35. The van der Waals surface area contributed by atoms with E-state index in [1.165, 1.54) is 64.0 Å². The molecule has 186 valence electrons. The van der Waals surface area contributed by atoms with Crippen molar-refractivity contribution in [3.63, 3.8) is 0 Å². The van der Waals surface area contributed by atoms with Crippen LogP contribution in [0.25, 0.3) is 0 Å². The van der Waals surface area contributed by atoms with Crippen molar-refractivity contribution in [1.29, 1.82) is 0 Å². The summed E-state index contributed by atoms with van der Waals surface area (Å²) < 4.78 is 28.8. The van der Waals surface area contributed by atoms with Gasteiger partial charge < -0.3 is 0 Å². The lowest BCUT2D eigenvalue weighted by Crippen LogP contribution is -2.54. The molecular formula is C28H50O3S. The fraction of sp³-hybridized carbons (Fsp3) is 1.00. The second kappa shape index (κ2) is 9.17. The molecule has 4 heteroatoms. The molecule has 32 heavy (non-hydrogen) atoms. The summed E-state index contributed by atoms with van der Waals surface area (Å²) in [7, 11) is -3.35. The predicted octanol–water partition coefficient (Wildman–Crippen LogP) is 7.45. The topological polar surface area (TPSA) is 43.4 Å². The molecule has 0 radical (unpaired) electrons. The Kier molecular flexibility index (Phi) is 7.17. The molecule has 0 N–H and O–H groups in total. The Morgan fingerprint density at radius 1 is 0.875 bits per heavy atom. The molecule has 0 spiro atoms. The van der Waals surface area contributed by atoms with Crippen molar-refractivity contribution in [1.82, 2.24) is 0 Å². The van der Waals surface area contributed by atoms with E-state index in [9.17, 15) is 8.42 Å². The maximum absolute atomic E-state index is 11.7. The molecule has 0 saturated heterocycles. The number of rotatable bonds is 7. The molecule has 4 aliphatic rings. The van der Waals surface area contributed by atoms with Crippen LogP contribution in [0.2, 0.25) is 0 Å². The van der Waals surface area contributed by atoms with Gasteiger partial charge in [0.15, 0.2) is 0 Å². The van der Waals surface area contributed by atoms with Gasteiger partial charge in [-0.1, -0.05) is 53.9 Å². The van der Waals surface area contributed by atoms with E-state index in [2.05, 4.69) is 34.6 Å². The van der Waals surface area contributed by atoms with Crippen molar-refractivity contribution in [3.05, 3.63) is 0 Å². The van der Waals surface area contributed by atoms with Crippen LogP contribution in [-0.2, 0) is 14.3 Å². The zero-order valence-electron chi connectivity index (χ0n) is 21.7. The van der Waals surface area contributed by atoms with Crippen molar-refractivity contribution in [3.8, 4) is 0 Å². The molecule has 0 aromatic rings. The van der Waals surface area contributed by atoms with Crippen molar-refractivity contribution in [2.45, 2.75) is 118 Å². The van der Waals surface area contributed by atoms with Crippen molar-refractivity contribution in [2.24, 2.45) is 52.3 Å². The largest absolute Gasteiger partial charge is 0.267 e. The molecular weight excluding hydrogens is 416 g/mol. The molecule has 0 heterocycles. The summed E-state index contributed by atoms with van der Waals surface area (Å²) in [6.45, 7) is 12.5. The summed E-state index contributed by atoms with van der Waals surface area (Å²) in [4.78, 5) is 0. The number of hydrogen-bond donors (Lipinski definition) is 0. The fourth-order valence-electron chi connectivity index (χ4n) is 9.58. The van der Waals surface area contributed by atoms with Crippen LogP contribution in [0, 0.1) is 52.3 Å². The first kappa shape index (κ1) is 25.0. The van der Waals surface area contributed by atoms with Crippen molar-refractivity contribution >= 4 is 10.1 Å². The van der Waals surface area contributed by atoms with Gasteiger partial charge in [0.25, 0.3) is 10.1 Å². The van der Waals surface area contributed by atoms with Crippen molar-refractivity contribution < 1.29 is 12.6 Å². The highest BCUT2D eigenvalue weighted by atomic mass is 32.2. The molecule has 3 nitrogen and oxygen atoms in total. The maximum atomic E-state index is 11.7. The van der Waals surface area contributed by atoms with Gasteiger partial charge in [-0.15, -0.1) is 0 Å². The first-order chi connectivity index (χ1) is 14.9.